The van der Waals surface area contributed by atoms with Crippen LogP contribution in [-0.2, 0) is 0 Å². The van der Waals surface area contributed by atoms with Crippen LogP contribution in [0.15, 0.2) is 21.3 Å². The van der Waals surface area contributed by atoms with Crippen LogP contribution in [0, 0.1) is 0 Å². The van der Waals surface area contributed by atoms with E-state index in [-0.39, 0.29) is 0 Å². The summed E-state index contributed by atoms with van der Waals surface area (Å²) in [4.78, 5) is 4.04. The molecule has 0 aliphatic carbocycles. The Kier molecular flexibility index (Phi) is 2.68. The summed E-state index contributed by atoms with van der Waals surface area (Å²) in [6.07, 6.45) is 0. The summed E-state index contributed by atoms with van der Waals surface area (Å²) in [6, 6.07) is 3.59. The van der Waals surface area contributed by atoms with Crippen molar-refractivity contribution in [3.05, 3.63) is 21.3 Å². The van der Waals surface area contributed by atoms with E-state index in [1.54, 1.807) is 19.2 Å². The first kappa shape index (κ1) is 8.01. The van der Waals surface area contributed by atoms with Crippen molar-refractivity contribution in [2.75, 3.05) is 7.11 Å². The Labute approximate surface area is 75.9 Å². The highest BCUT2D eigenvalue weighted by Crippen LogP contribution is 2.20. The number of methoxy groups -OCH3 is 1. The van der Waals surface area contributed by atoms with E-state index in [0.717, 1.165) is 15.0 Å². The summed E-state index contributed by atoms with van der Waals surface area (Å²) in [5.74, 6) is 0.786. The van der Waals surface area contributed by atoms with Crippen molar-refractivity contribution in [1.82, 2.24) is 4.98 Å². The molecule has 4 heteroatoms. The lowest BCUT2D eigenvalue weighted by Crippen LogP contribution is -1.84. The standard InChI is InChI=1S/C6H5Br2NO/c1-10-4-2-5(7)9-6(8)3-4/h2-3H,1H3. The fourth-order valence-corrected chi connectivity index (χ4v) is 1.63. The third-order valence-electron chi connectivity index (χ3n) is 0.972. The maximum atomic E-state index is 4.98. The number of hydrogen-bond acceptors (Lipinski definition) is 2. The first-order valence-electron chi connectivity index (χ1n) is 2.59. The average molecular weight is 267 g/mol. The minimum absolute atomic E-state index is 0.763. The Morgan fingerprint density at radius 2 is 1.80 bits per heavy atom. The molecule has 0 N–H and O–H groups in total. The number of nitrogens with zero attached hydrogens (tertiary/aromatic N) is 1. The number of ether oxygens (including phenoxy) is 1. The predicted octanol–water partition coefficient (Wildman–Crippen LogP) is 2.62. The zero-order valence-electron chi connectivity index (χ0n) is 5.27. The summed E-state index contributed by atoms with van der Waals surface area (Å²) >= 11 is 6.47. The quantitative estimate of drug-likeness (QED) is 0.729. The van der Waals surface area contributed by atoms with E-state index < -0.39 is 0 Å². The van der Waals surface area contributed by atoms with Crippen LogP contribution in [0.2, 0.25) is 0 Å². The molecule has 0 saturated carbocycles. The Bertz CT molecular complexity index is 219. The van der Waals surface area contributed by atoms with Gasteiger partial charge in [0, 0.05) is 12.1 Å². The molecule has 10 heavy (non-hydrogen) atoms. The molecule has 2 nitrogen and oxygen atoms in total. The lowest BCUT2D eigenvalue weighted by atomic mass is 10.5. The SMILES string of the molecule is COc1cc(Br)nc(Br)c1. The topological polar surface area (TPSA) is 22.1 Å². The molecule has 0 unspecified atom stereocenters. The molecule has 0 saturated heterocycles. The predicted molar refractivity (Wildman–Crippen MR) is 46.2 cm³/mol. The van der Waals surface area contributed by atoms with Crippen LogP contribution in [0.3, 0.4) is 0 Å². The molecule has 0 bridgehead atoms. The maximum Gasteiger partial charge on any atom is 0.124 e. The van der Waals surface area contributed by atoms with Gasteiger partial charge in [0.15, 0.2) is 0 Å². The number of hydrogen-bond donors (Lipinski definition) is 0. The zero-order chi connectivity index (χ0) is 7.56. The molecule has 0 spiro atoms. The molecular formula is C6H5Br2NO. The molecule has 54 valence electrons. The molecule has 0 atom stereocenters. The van der Waals surface area contributed by atoms with E-state index in [1.807, 2.05) is 0 Å². The molecular weight excluding hydrogens is 262 g/mol. The molecule has 1 rings (SSSR count). The lowest BCUT2D eigenvalue weighted by Gasteiger charge is -1.99. The van der Waals surface area contributed by atoms with Crippen LogP contribution in [0.4, 0.5) is 0 Å². The van der Waals surface area contributed by atoms with Crippen LogP contribution >= 0.6 is 31.9 Å². The van der Waals surface area contributed by atoms with Crippen molar-refractivity contribution in [3.63, 3.8) is 0 Å². The maximum absolute atomic E-state index is 4.98. The van der Waals surface area contributed by atoms with Crippen molar-refractivity contribution in [1.29, 1.82) is 0 Å². The van der Waals surface area contributed by atoms with Gasteiger partial charge in [-0.1, -0.05) is 0 Å². The first-order chi connectivity index (χ1) is 4.72. The molecule has 1 aromatic heterocycles. The van der Waals surface area contributed by atoms with Crippen LogP contribution in [0.1, 0.15) is 0 Å². The summed E-state index contributed by atoms with van der Waals surface area (Å²) in [6.45, 7) is 0. The Balaban J connectivity index is 3.06. The Morgan fingerprint density at radius 1 is 1.30 bits per heavy atom. The fraction of sp³-hybridized carbons (Fsp3) is 0.167. The van der Waals surface area contributed by atoms with Crippen LogP contribution in [0.25, 0.3) is 0 Å². The van der Waals surface area contributed by atoms with Crippen molar-refractivity contribution in [3.8, 4) is 5.75 Å². The molecule has 0 fully saturated rings. The van der Waals surface area contributed by atoms with Crippen molar-refractivity contribution >= 4 is 31.9 Å². The average Bonchev–Trinajstić information content (AvgIpc) is 1.85. The van der Waals surface area contributed by atoms with Gasteiger partial charge in [-0.05, 0) is 31.9 Å². The highest BCUT2D eigenvalue weighted by Gasteiger charge is 1.96. The van der Waals surface area contributed by atoms with E-state index in [2.05, 4.69) is 36.8 Å². The lowest BCUT2D eigenvalue weighted by molar-refractivity contribution is 0.413. The van der Waals surface area contributed by atoms with Gasteiger partial charge in [-0.15, -0.1) is 0 Å². The van der Waals surface area contributed by atoms with E-state index in [0.29, 0.717) is 0 Å². The van der Waals surface area contributed by atoms with E-state index in [9.17, 15) is 0 Å². The van der Waals surface area contributed by atoms with Gasteiger partial charge in [0.05, 0.1) is 7.11 Å². The normalized spacial score (nSPS) is 9.50. The molecule has 0 radical (unpaired) electrons. The Morgan fingerprint density at radius 3 is 2.20 bits per heavy atom. The van der Waals surface area contributed by atoms with Gasteiger partial charge in [0.2, 0.25) is 0 Å². The summed E-state index contributed by atoms with van der Waals surface area (Å²) in [5.41, 5.74) is 0. The van der Waals surface area contributed by atoms with Gasteiger partial charge in [0.1, 0.15) is 15.0 Å². The number of halogens is 2. The largest absolute Gasteiger partial charge is 0.497 e. The molecule has 0 aliphatic heterocycles. The van der Waals surface area contributed by atoms with Crippen molar-refractivity contribution in [2.45, 2.75) is 0 Å². The third-order valence-corrected chi connectivity index (χ3v) is 1.78. The minimum atomic E-state index is 0.763. The molecule has 0 aliphatic rings. The van der Waals surface area contributed by atoms with E-state index in [1.165, 1.54) is 0 Å². The van der Waals surface area contributed by atoms with E-state index >= 15 is 0 Å². The van der Waals surface area contributed by atoms with Crippen LogP contribution in [0.5, 0.6) is 5.75 Å². The second kappa shape index (κ2) is 3.34. The van der Waals surface area contributed by atoms with Gasteiger partial charge in [-0.3, -0.25) is 0 Å². The Hall–Kier alpha value is -0.0900. The zero-order valence-corrected chi connectivity index (χ0v) is 8.44. The second-order valence-corrected chi connectivity index (χ2v) is 3.28. The fourth-order valence-electron chi connectivity index (χ4n) is 0.561. The van der Waals surface area contributed by atoms with Gasteiger partial charge in [-0.25, -0.2) is 4.98 Å². The van der Waals surface area contributed by atoms with Crippen molar-refractivity contribution < 1.29 is 4.74 Å². The van der Waals surface area contributed by atoms with Crippen LogP contribution in [-0.4, -0.2) is 12.1 Å². The van der Waals surface area contributed by atoms with Crippen LogP contribution < -0.4 is 4.74 Å². The number of aromatic nitrogens is 1. The molecule has 1 aromatic rings. The highest BCUT2D eigenvalue weighted by atomic mass is 79.9. The van der Waals surface area contributed by atoms with Gasteiger partial charge >= 0.3 is 0 Å². The summed E-state index contributed by atoms with van der Waals surface area (Å²) < 4.78 is 6.50. The smallest absolute Gasteiger partial charge is 0.124 e. The first-order valence-corrected chi connectivity index (χ1v) is 4.18. The highest BCUT2D eigenvalue weighted by molar-refractivity contribution is 9.11. The van der Waals surface area contributed by atoms with E-state index in [4.69, 9.17) is 4.74 Å². The minimum Gasteiger partial charge on any atom is -0.497 e. The second-order valence-electron chi connectivity index (χ2n) is 1.65. The number of pyridine rings is 1. The summed E-state index contributed by atoms with van der Waals surface area (Å²) in [5, 5.41) is 0. The summed E-state index contributed by atoms with van der Waals surface area (Å²) in [7, 11) is 1.62. The third kappa shape index (κ3) is 1.95. The van der Waals surface area contributed by atoms with Crippen molar-refractivity contribution in [2.24, 2.45) is 0 Å². The molecule has 1 heterocycles. The van der Waals surface area contributed by atoms with Gasteiger partial charge < -0.3 is 4.74 Å². The van der Waals surface area contributed by atoms with Gasteiger partial charge in [0.25, 0.3) is 0 Å². The number of rotatable bonds is 1. The molecule has 0 aromatic carbocycles. The van der Waals surface area contributed by atoms with Gasteiger partial charge in [-0.2, -0.15) is 0 Å². The monoisotopic (exact) mass is 265 g/mol. The molecule has 0 amide bonds.